The maximum Gasteiger partial charge on any atom is 0.269 e. The Bertz CT molecular complexity index is 1270. The number of nitriles is 1. The van der Waals surface area contributed by atoms with Crippen LogP contribution in [0, 0.1) is 27.3 Å². The number of hydrogen-bond acceptors (Lipinski definition) is 5. The molecule has 7 nitrogen and oxygen atoms in total. The fourth-order valence-electron chi connectivity index (χ4n) is 2.74. The van der Waals surface area contributed by atoms with E-state index in [4.69, 9.17) is 27.9 Å². The van der Waals surface area contributed by atoms with E-state index in [0.717, 1.165) is 0 Å². The number of nitro groups is 1. The molecule has 1 amide bonds. The van der Waals surface area contributed by atoms with Gasteiger partial charge in [-0.3, -0.25) is 14.9 Å². The molecule has 0 unspecified atom stereocenters. The number of halogens is 3. The van der Waals surface area contributed by atoms with Gasteiger partial charge in [0.05, 0.1) is 9.95 Å². The Hall–Kier alpha value is -3.93. The first-order valence-electron chi connectivity index (χ1n) is 9.30. The number of carbonyl (C=O) groups is 1. The molecule has 0 spiro atoms. The molecule has 0 aromatic heterocycles. The summed E-state index contributed by atoms with van der Waals surface area (Å²) < 4.78 is 18.8. The molecule has 3 aromatic rings. The number of nitro benzene ring substituents is 1. The van der Waals surface area contributed by atoms with Crippen molar-refractivity contribution in [1.29, 1.82) is 5.26 Å². The molecule has 0 aliphatic carbocycles. The van der Waals surface area contributed by atoms with E-state index in [1.807, 2.05) is 6.07 Å². The van der Waals surface area contributed by atoms with Gasteiger partial charge in [0.15, 0.2) is 0 Å². The highest BCUT2D eigenvalue weighted by atomic mass is 35.5. The Morgan fingerprint density at radius 2 is 1.82 bits per heavy atom. The lowest BCUT2D eigenvalue weighted by Crippen LogP contribution is -2.13. The van der Waals surface area contributed by atoms with Crippen LogP contribution in [0.15, 0.2) is 66.2 Å². The van der Waals surface area contributed by atoms with Crippen molar-refractivity contribution in [3.63, 3.8) is 0 Å². The summed E-state index contributed by atoms with van der Waals surface area (Å²) in [5.41, 5.74) is 0.896. The summed E-state index contributed by atoms with van der Waals surface area (Å²) in [6.45, 7) is 0.0177. The van der Waals surface area contributed by atoms with Crippen LogP contribution in [0.3, 0.4) is 0 Å². The number of amides is 1. The number of non-ortho nitro benzene ring substituents is 1. The van der Waals surface area contributed by atoms with Crippen molar-refractivity contribution in [3.8, 4) is 11.8 Å². The summed E-state index contributed by atoms with van der Waals surface area (Å²) in [6, 6.07) is 15.5. The fraction of sp³-hybridized carbons (Fsp3) is 0.0435. The molecule has 0 saturated carbocycles. The summed E-state index contributed by atoms with van der Waals surface area (Å²) in [7, 11) is 0. The predicted molar refractivity (Wildman–Crippen MR) is 123 cm³/mol. The second-order valence-electron chi connectivity index (χ2n) is 6.65. The molecule has 0 atom stereocenters. The van der Waals surface area contributed by atoms with Gasteiger partial charge in [-0.2, -0.15) is 5.26 Å². The Balaban J connectivity index is 1.85. The summed E-state index contributed by atoms with van der Waals surface area (Å²) in [4.78, 5) is 22.8. The molecule has 0 saturated heterocycles. The van der Waals surface area contributed by atoms with Crippen LogP contribution < -0.4 is 10.1 Å². The molecule has 3 aromatic carbocycles. The van der Waals surface area contributed by atoms with Gasteiger partial charge in [-0.25, -0.2) is 4.39 Å². The number of hydrogen-bond donors (Lipinski definition) is 1. The van der Waals surface area contributed by atoms with Crippen LogP contribution >= 0.6 is 23.2 Å². The highest BCUT2D eigenvalue weighted by Gasteiger charge is 2.15. The molecule has 0 fully saturated rings. The van der Waals surface area contributed by atoms with Crippen LogP contribution in [0.25, 0.3) is 6.08 Å². The fourth-order valence-corrected chi connectivity index (χ4v) is 3.31. The average molecular weight is 486 g/mol. The van der Waals surface area contributed by atoms with Gasteiger partial charge in [-0.05, 0) is 60.2 Å². The number of nitrogens with zero attached hydrogens (tertiary/aromatic N) is 2. The number of anilines is 1. The van der Waals surface area contributed by atoms with E-state index in [1.54, 1.807) is 0 Å². The van der Waals surface area contributed by atoms with E-state index in [2.05, 4.69) is 5.32 Å². The molecule has 0 aliphatic rings. The zero-order valence-electron chi connectivity index (χ0n) is 16.7. The first-order valence-corrected chi connectivity index (χ1v) is 10.1. The van der Waals surface area contributed by atoms with Gasteiger partial charge in [0.2, 0.25) is 0 Å². The zero-order valence-corrected chi connectivity index (χ0v) is 18.2. The van der Waals surface area contributed by atoms with Crippen molar-refractivity contribution in [3.05, 3.63) is 103 Å². The molecule has 166 valence electrons. The Kier molecular flexibility index (Phi) is 7.61. The maximum atomic E-state index is 13.1. The van der Waals surface area contributed by atoms with Crippen molar-refractivity contribution in [2.24, 2.45) is 0 Å². The minimum absolute atomic E-state index is 0.0177. The third-order valence-corrected chi connectivity index (χ3v) is 4.83. The average Bonchev–Trinajstić information content (AvgIpc) is 2.78. The molecule has 0 heterocycles. The van der Waals surface area contributed by atoms with Gasteiger partial charge >= 0.3 is 0 Å². The molecule has 0 aliphatic heterocycles. The van der Waals surface area contributed by atoms with Crippen LogP contribution in [-0.4, -0.2) is 10.8 Å². The smallest absolute Gasteiger partial charge is 0.269 e. The van der Waals surface area contributed by atoms with E-state index in [-0.39, 0.29) is 39.2 Å². The van der Waals surface area contributed by atoms with Gasteiger partial charge in [-0.15, -0.1) is 0 Å². The van der Waals surface area contributed by atoms with Crippen molar-refractivity contribution < 1.29 is 18.8 Å². The maximum absolute atomic E-state index is 13.1. The first-order chi connectivity index (χ1) is 15.8. The minimum atomic E-state index is -0.721. The summed E-state index contributed by atoms with van der Waals surface area (Å²) in [6.07, 6.45) is 1.27. The number of ether oxygens (including phenoxy) is 1. The van der Waals surface area contributed by atoms with Crippen molar-refractivity contribution in [2.45, 2.75) is 6.61 Å². The van der Waals surface area contributed by atoms with E-state index in [9.17, 15) is 24.6 Å². The van der Waals surface area contributed by atoms with E-state index in [0.29, 0.717) is 11.3 Å². The summed E-state index contributed by atoms with van der Waals surface area (Å²) in [5.74, 6) is -1.02. The second-order valence-corrected chi connectivity index (χ2v) is 7.49. The Morgan fingerprint density at radius 3 is 2.42 bits per heavy atom. The molecule has 10 heteroatoms. The van der Waals surface area contributed by atoms with Crippen molar-refractivity contribution in [1.82, 2.24) is 0 Å². The van der Waals surface area contributed by atoms with Gasteiger partial charge in [0.1, 0.15) is 29.8 Å². The molecule has 0 bridgehead atoms. The van der Waals surface area contributed by atoms with Gasteiger partial charge in [0, 0.05) is 28.4 Å². The Morgan fingerprint density at radius 1 is 1.15 bits per heavy atom. The minimum Gasteiger partial charge on any atom is -0.487 e. The number of carbonyl (C=O) groups excluding carboxylic acids is 1. The van der Waals surface area contributed by atoms with Gasteiger partial charge in [0.25, 0.3) is 11.6 Å². The molecule has 0 radical (unpaired) electrons. The van der Waals surface area contributed by atoms with Gasteiger partial charge < -0.3 is 10.1 Å². The normalized spacial score (nSPS) is 10.9. The largest absolute Gasteiger partial charge is 0.487 e. The van der Waals surface area contributed by atoms with Crippen molar-refractivity contribution >= 4 is 46.6 Å². The zero-order chi connectivity index (χ0) is 24.0. The topological polar surface area (TPSA) is 105 Å². The number of rotatable bonds is 7. The van der Waals surface area contributed by atoms with E-state index in [1.165, 1.54) is 66.7 Å². The molecule has 1 N–H and O–H groups in total. The second kappa shape index (κ2) is 10.6. The predicted octanol–water partition coefficient (Wildman–Crippen LogP) is 6.17. The van der Waals surface area contributed by atoms with E-state index < -0.39 is 16.6 Å². The quantitative estimate of drug-likeness (QED) is 0.186. The lowest BCUT2D eigenvalue weighted by molar-refractivity contribution is -0.384. The lowest BCUT2D eigenvalue weighted by atomic mass is 10.1. The van der Waals surface area contributed by atoms with Crippen LogP contribution in [0.2, 0.25) is 10.0 Å². The standard InChI is InChI=1S/C23H14Cl2FN3O4/c24-17-10-15(9-16(12-27)23(30)28-19-5-3-18(26)4-6-19)22(21(25)11-17)33-13-14-1-7-20(8-2-14)29(31)32/h1-11H,13H2,(H,28,30)/b16-9+. The highest BCUT2D eigenvalue weighted by molar-refractivity contribution is 6.36. The summed E-state index contributed by atoms with van der Waals surface area (Å²) in [5, 5.41) is 23.2. The lowest BCUT2D eigenvalue weighted by Gasteiger charge is -2.13. The number of benzene rings is 3. The molecule has 33 heavy (non-hydrogen) atoms. The van der Waals surface area contributed by atoms with Gasteiger partial charge in [-0.1, -0.05) is 23.2 Å². The Labute approximate surface area is 197 Å². The molecular formula is C23H14Cl2FN3O4. The third kappa shape index (κ3) is 6.29. The summed E-state index contributed by atoms with van der Waals surface area (Å²) >= 11 is 12.4. The van der Waals surface area contributed by atoms with Crippen LogP contribution in [0.4, 0.5) is 15.8 Å². The van der Waals surface area contributed by atoms with Crippen LogP contribution in [-0.2, 0) is 11.4 Å². The molecule has 3 rings (SSSR count). The highest BCUT2D eigenvalue weighted by Crippen LogP contribution is 2.34. The van der Waals surface area contributed by atoms with Crippen LogP contribution in [0.5, 0.6) is 5.75 Å². The SMILES string of the molecule is N#C/C(=C\c1cc(Cl)cc(Cl)c1OCc1ccc([N+](=O)[O-])cc1)C(=O)Nc1ccc(F)cc1. The van der Waals surface area contributed by atoms with Crippen LogP contribution in [0.1, 0.15) is 11.1 Å². The number of nitrogens with one attached hydrogen (secondary N) is 1. The first kappa shape index (κ1) is 23.7. The third-order valence-electron chi connectivity index (χ3n) is 4.33. The monoisotopic (exact) mass is 485 g/mol. The van der Waals surface area contributed by atoms with Crippen molar-refractivity contribution in [2.75, 3.05) is 5.32 Å². The van der Waals surface area contributed by atoms with E-state index >= 15 is 0 Å². The molecular weight excluding hydrogens is 472 g/mol.